The topological polar surface area (TPSA) is 118 Å². The molecule has 204 valence electrons. The minimum atomic E-state index is -0.982. The molecule has 2 unspecified atom stereocenters. The van der Waals surface area contributed by atoms with Crippen LogP contribution in [0.5, 0.6) is 0 Å². The number of ether oxygens (including phenoxy) is 1. The number of halogens is 1. The van der Waals surface area contributed by atoms with Gasteiger partial charge in [-0.2, -0.15) is 0 Å². The molecule has 0 fully saturated rings. The highest BCUT2D eigenvalue weighted by atomic mass is 19.1. The van der Waals surface area contributed by atoms with Gasteiger partial charge in [0.05, 0.1) is 23.1 Å². The maximum absolute atomic E-state index is 15.4. The van der Waals surface area contributed by atoms with E-state index in [1.165, 1.54) is 18.5 Å². The van der Waals surface area contributed by atoms with Gasteiger partial charge in [-0.05, 0) is 50.0 Å². The Morgan fingerprint density at radius 2 is 2.00 bits per heavy atom. The van der Waals surface area contributed by atoms with Gasteiger partial charge < -0.3 is 29.7 Å². The summed E-state index contributed by atoms with van der Waals surface area (Å²) in [5.41, 5.74) is 8.94. The highest BCUT2D eigenvalue weighted by molar-refractivity contribution is 5.95. The van der Waals surface area contributed by atoms with Crippen LogP contribution < -0.4 is 16.2 Å². The molecule has 4 heterocycles. The van der Waals surface area contributed by atoms with Gasteiger partial charge in [-0.1, -0.05) is 24.3 Å². The Hall–Kier alpha value is -4.70. The molecule has 1 aliphatic heterocycles. The summed E-state index contributed by atoms with van der Waals surface area (Å²) < 4.78 is 27.0. The molecule has 0 saturated heterocycles. The summed E-state index contributed by atoms with van der Waals surface area (Å²) in [6.07, 6.45) is 2.94. The smallest absolute Gasteiger partial charge is 0.329 e. The SMILES string of the molecule is CN(C)CCOC(=O)C1C(c2ccc[nH]c2=O)c2c(cc(F)c3ccoc23)N1Cc1cc(N)nc2ccccc12. The number of hydrogen-bond acceptors (Lipinski definition) is 8. The Kier molecular flexibility index (Phi) is 6.47. The summed E-state index contributed by atoms with van der Waals surface area (Å²) >= 11 is 0. The van der Waals surface area contributed by atoms with Crippen molar-refractivity contribution in [1.29, 1.82) is 0 Å². The molecule has 40 heavy (non-hydrogen) atoms. The molecule has 0 radical (unpaired) electrons. The number of fused-ring (bicyclic) bond motifs is 4. The second-order valence-corrected chi connectivity index (χ2v) is 10.2. The van der Waals surface area contributed by atoms with E-state index >= 15 is 4.39 Å². The van der Waals surface area contributed by atoms with E-state index < -0.39 is 23.7 Å². The standard InChI is InChI=1S/C30H28FN5O4/c1-35(2)11-13-40-30(38)27-25(20-7-5-10-33-29(20)37)26-23(15-21(31)19-9-12-39-28(19)26)36(27)16-17-14-24(32)34-22-8-4-3-6-18(17)22/h3-10,12,14-15,25,27H,11,13,16H2,1-2H3,(H2,32,34)(H,33,37). The van der Waals surface area contributed by atoms with Crippen molar-refractivity contribution in [2.75, 3.05) is 37.9 Å². The zero-order chi connectivity index (χ0) is 28.0. The number of hydrogen-bond donors (Lipinski definition) is 2. The molecule has 2 aromatic carbocycles. The van der Waals surface area contributed by atoms with Crippen LogP contribution in [0.3, 0.4) is 0 Å². The zero-order valence-electron chi connectivity index (χ0n) is 22.1. The van der Waals surface area contributed by atoms with Gasteiger partial charge in [0.15, 0.2) is 0 Å². The number of anilines is 2. The molecule has 6 rings (SSSR count). The van der Waals surface area contributed by atoms with Crippen molar-refractivity contribution < 1.29 is 18.3 Å². The highest BCUT2D eigenvalue weighted by Crippen LogP contribution is 2.49. The number of carbonyl (C=O) groups excluding carboxylic acids is 1. The van der Waals surface area contributed by atoms with Gasteiger partial charge in [0.2, 0.25) is 0 Å². The Morgan fingerprint density at radius 3 is 2.80 bits per heavy atom. The number of likely N-dealkylation sites (N-methyl/N-ethyl adjacent to an activating group) is 1. The number of nitrogen functional groups attached to an aromatic ring is 1. The number of rotatable bonds is 7. The lowest BCUT2D eigenvalue weighted by molar-refractivity contribution is -0.145. The van der Waals surface area contributed by atoms with E-state index in [2.05, 4.69) is 9.97 Å². The maximum atomic E-state index is 15.4. The van der Waals surface area contributed by atoms with Crippen molar-refractivity contribution in [3.05, 3.63) is 99.9 Å². The van der Waals surface area contributed by atoms with E-state index in [9.17, 15) is 9.59 Å². The fourth-order valence-corrected chi connectivity index (χ4v) is 5.57. The van der Waals surface area contributed by atoms with Crippen LogP contribution in [0.15, 0.2) is 76.3 Å². The number of aromatic nitrogens is 2. The molecule has 1 aliphatic rings. The number of para-hydroxylation sites is 1. The Labute approximate surface area is 229 Å². The second kappa shape index (κ2) is 10.1. The summed E-state index contributed by atoms with van der Waals surface area (Å²) in [6, 6.07) is 14.6. The molecule has 0 aliphatic carbocycles. The van der Waals surface area contributed by atoms with Crippen LogP contribution in [0.1, 0.15) is 22.6 Å². The average molecular weight is 542 g/mol. The Balaban J connectivity index is 1.57. The van der Waals surface area contributed by atoms with Crippen molar-refractivity contribution in [3.8, 4) is 0 Å². The number of pyridine rings is 2. The van der Waals surface area contributed by atoms with Crippen molar-refractivity contribution in [2.45, 2.75) is 18.5 Å². The minimum absolute atomic E-state index is 0.153. The summed E-state index contributed by atoms with van der Waals surface area (Å²) in [6.45, 7) is 0.852. The number of benzene rings is 2. The molecule has 2 atom stereocenters. The predicted octanol–water partition coefficient (Wildman–Crippen LogP) is 4.02. The number of nitrogens with two attached hydrogens (primary N) is 1. The summed E-state index contributed by atoms with van der Waals surface area (Å²) in [4.78, 5) is 37.9. The van der Waals surface area contributed by atoms with Gasteiger partial charge in [0.1, 0.15) is 29.9 Å². The number of aromatic amines is 1. The monoisotopic (exact) mass is 541 g/mol. The normalized spacial score (nSPS) is 16.6. The molecule has 3 aromatic heterocycles. The molecule has 3 N–H and O–H groups in total. The molecule has 5 aromatic rings. The van der Waals surface area contributed by atoms with Crippen molar-refractivity contribution in [1.82, 2.24) is 14.9 Å². The van der Waals surface area contributed by atoms with E-state index in [-0.39, 0.29) is 29.7 Å². The molecular weight excluding hydrogens is 513 g/mol. The van der Waals surface area contributed by atoms with Gasteiger partial charge in [-0.25, -0.2) is 14.2 Å². The fourth-order valence-electron chi connectivity index (χ4n) is 5.57. The van der Waals surface area contributed by atoms with Crippen LogP contribution in [0.2, 0.25) is 0 Å². The number of nitrogens with zero attached hydrogens (tertiary/aromatic N) is 3. The van der Waals surface area contributed by atoms with E-state index in [1.807, 2.05) is 43.3 Å². The number of carbonyl (C=O) groups is 1. The van der Waals surface area contributed by atoms with Crippen molar-refractivity contribution >= 4 is 39.3 Å². The third-order valence-corrected chi connectivity index (χ3v) is 7.35. The largest absolute Gasteiger partial charge is 0.464 e. The van der Waals surface area contributed by atoms with Crippen LogP contribution in [0.25, 0.3) is 21.9 Å². The summed E-state index contributed by atoms with van der Waals surface area (Å²) in [7, 11) is 3.76. The fraction of sp³-hybridized carbons (Fsp3) is 0.233. The quantitative estimate of drug-likeness (QED) is 0.297. The first-order chi connectivity index (χ1) is 19.3. The van der Waals surface area contributed by atoms with Crippen molar-refractivity contribution in [3.63, 3.8) is 0 Å². The second-order valence-electron chi connectivity index (χ2n) is 10.2. The van der Waals surface area contributed by atoms with Gasteiger partial charge in [0.25, 0.3) is 5.56 Å². The van der Waals surface area contributed by atoms with Gasteiger partial charge in [-0.3, -0.25) is 4.79 Å². The van der Waals surface area contributed by atoms with Crippen LogP contribution in [0, 0.1) is 5.82 Å². The molecular formula is C30H28FN5O4. The lowest BCUT2D eigenvalue weighted by atomic mass is 9.87. The first kappa shape index (κ1) is 25.6. The lowest BCUT2D eigenvalue weighted by Crippen LogP contribution is -2.43. The average Bonchev–Trinajstić information content (AvgIpc) is 3.53. The highest BCUT2D eigenvalue weighted by Gasteiger charge is 2.48. The lowest BCUT2D eigenvalue weighted by Gasteiger charge is -2.29. The number of H-pyrrole nitrogens is 1. The first-order valence-electron chi connectivity index (χ1n) is 12.9. The van der Waals surface area contributed by atoms with E-state index in [4.69, 9.17) is 14.9 Å². The van der Waals surface area contributed by atoms with Crippen molar-refractivity contribution in [2.24, 2.45) is 0 Å². The molecule has 0 spiro atoms. The van der Waals surface area contributed by atoms with Gasteiger partial charge in [-0.15, -0.1) is 0 Å². The Morgan fingerprint density at radius 1 is 1.18 bits per heavy atom. The molecule has 0 saturated carbocycles. The maximum Gasteiger partial charge on any atom is 0.329 e. The minimum Gasteiger partial charge on any atom is -0.464 e. The molecule has 0 bridgehead atoms. The molecule has 9 nitrogen and oxygen atoms in total. The molecule has 0 amide bonds. The van der Waals surface area contributed by atoms with Gasteiger partial charge in [0, 0.05) is 41.5 Å². The third-order valence-electron chi connectivity index (χ3n) is 7.35. The van der Waals surface area contributed by atoms with E-state index in [0.29, 0.717) is 34.7 Å². The zero-order valence-corrected chi connectivity index (χ0v) is 22.1. The Bertz CT molecular complexity index is 1800. The summed E-state index contributed by atoms with van der Waals surface area (Å²) in [5.74, 6) is -1.49. The number of furan rings is 1. The van der Waals surface area contributed by atoms with Crippen LogP contribution in [-0.4, -0.2) is 54.1 Å². The van der Waals surface area contributed by atoms with Gasteiger partial charge >= 0.3 is 5.97 Å². The number of esters is 1. The third kappa shape index (κ3) is 4.36. The predicted molar refractivity (Wildman–Crippen MR) is 151 cm³/mol. The van der Waals surface area contributed by atoms with Crippen LogP contribution in [0.4, 0.5) is 15.9 Å². The summed E-state index contributed by atoms with van der Waals surface area (Å²) in [5, 5.41) is 1.12. The first-order valence-corrected chi connectivity index (χ1v) is 12.9. The van der Waals surface area contributed by atoms with Crippen LogP contribution >= 0.6 is 0 Å². The molecule has 10 heteroatoms. The number of nitrogens with one attached hydrogen (secondary N) is 1. The van der Waals surface area contributed by atoms with Crippen LogP contribution in [-0.2, 0) is 16.1 Å². The van der Waals surface area contributed by atoms with E-state index in [0.717, 1.165) is 10.9 Å². The van der Waals surface area contributed by atoms with E-state index in [1.54, 1.807) is 29.2 Å².